The van der Waals surface area contributed by atoms with Gasteiger partial charge in [-0.1, -0.05) is 61.9 Å². The fourth-order valence-electron chi connectivity index (χ4n) is 5.10. The van der Waals surface area contributed by atoms with Gasteiger partial charge in [-0.25, -0.2) is 4.98 Å². The molecule has 0 aliphatic rings. The Bertz CT molecular complexity index is 1940. The minimum atomic E-state index is -0.491. The van der Waals surface area contributed by atoms with E-state index in [1.165, 1.54) is 17.0 Å². The van der Waals surface area contributed by atoms with Gasteiger partial charge in [-0.15, -0.1) is 0 Å². The van der Waals surface area contributed by atoms with E-state index in [1.54, 1.807) is 30.3 Å². The zero-order valence-corrected chi connectivity index (χ0v) is 25.4. The van der Waals surface area contributed by atoms with E-state index in [2.05, 4.69) is 18.9 Å². The summed E-state index contributed by atoms with van der Waals surface area (Å²) >= 11 is 0. The third-order valence-corrected chi connectivity index (χ3v) is 7.27. The Hall–Kier alpha value is -5.31. The molecule has 0 aliphatic carbocycles. The lowest BCUT2D eigenvalue weighted by Crippen LogP contribution is -2.21. The number of hydrogen-bond donors (Lipinski definition) is 0. The van der Waals surface area contributed by atoms with Crippen LogP contribution in [-0.2, 0) is 6.61 Å². The number of aromatic nitrogens is 2. The van der Waals surface area contributed by atoms with Gasteiger partial charge in [0, 0.05) is 17.2 Å². The molecule has 0 saturated heterocycles. The Morgan fingerprint density at radius 3 is 2.50 bits per heavy atom. The molecule has 0 N–H and O–H groups in total. The first-order chi connectivity index (χ1) is 21.2. The number of hydrogen-bond acceptors (Lipinski definition) is 7. The Morgan fingerprint density at radius 2 is 1.77 bits per heavy atom. The molecule has 9 heteroatoms. The first-order valence-electron chi connectivity index (χ1n) is 14.5. The van der Waals surface area contributed by atoms with Gasteiger partial charge in [0.1, 0.15) is 12.4 Å². The largest absolute Gasteiger partial charge is 0.494 e. The van der Waals surface area contributed by atoms with Crippen LogP contribution in [0.1, 0.15) is 54.5 Å². The molecule has 1 aromatic heterocycles. The number of benzene rings is 4. The Labute approximate surface area is 255 Å². The molecule has 0 amide bonds. The van der Waals surface area contributed by atoms with Crippen LogP contribution in [0.15, 0.2) is 88.8 Å². The molecule has 5 aromatic rings. The average Bonchev–Trinajstić information content (AvgIpc) is 3.00. The van der Waals surface area contributed by atoms with Crippen molar-refractivity contribution in [3.05, 3.63) is 127 Å². The van der Waals surface area contributed by atoms with Crippen LogP contribution in [0.25, 0.3) is 22.3 Å². The van der Waals surface area contributed by atoms with Crippen LogP contribution < -0.4 is 15.0 Å². The molecule has 224 valence electrons. The second-order valence-corrected chi connectivity index (χ2v) is 10.8. The fourth-order valence-corrected chi connectivity index (χ4v) is 5.10. The molecule has 1 heterocycles. The summed E-state index contributed by atoms with van der Waals surface area (Å²) in [5.41, 5.74) is 4.82. The lowest BCUT2D eigenvalue weighted by Gasteiger charge is -2.18. The van der Waals surface area contributed by atoms with Gasteiger partial charge in [-0.3, -0.25) is 14.9 Å². The quantitative estimate of drug-likeness (QED) is 0.0943. The van der Waals surface area contributed by atoms with Gasteiger partial charge in [0.15, 0.2) is 5.82 Å². The van der Waals surface area contributed by atoms with Crippen molar-refractivity contribution < 1.29 is 14.4 Å². The van der Waals surface area contributed by atoms with Crippen LogP contribution >= 0.6 is 0 Å². The number of nitro groups is 1. The maximum absolute atomic E-state index is 13.9. The maximum atomic E-state index is 13.9. The summed E-state index contributed by atoms with van der Waals surface area (Å²) in [7, 11) is 0. The van der Waals surface area contributed by atoms with E-state index in [4.69, 9.17) is 14.5 Å². The first-order valence-corrected chi connectivity index (χ1v) is 14.5. The number of nitrogens with zero attached hydrogens (tertiary/aromatic N) is 4. The third kappa shape index (κ3) is 6.22. The van der Waals surface area contributed by atoms with Crippen molar-refractivity contribution in [3.63, 3.8) is 0 Å². The Kier molecular flexibility index (Phi) is 8.85. The molecule has 5 rings (SSSR count). The van der Waals surface area contributed by atoms with Gasteiger partial charge in [-0.05, 0) is 73.7 Å². The van der Waals surface area contributed by atoms with E-state index < -0.39 is 4.92 Å². The van der Waals surface area contributed by atoms with Gasteiger partial charge in [-0.2, -0.15) is 9.78 Å². The summed E-state index contributed by atoms with van der Waals surface area (Å²) in [5.74, 6) is 1.34. The molecular weight excluding hydrogens is 556 g/mol. The predicted octanol–water partition coefficient (Wildman–Crippen LogP) is 7.57. The van der Waals surface area contributed by atoms with Gasteiger partial charge < -0.3 is 9.47 Å². The van der Waals surface area contributed by atoms with Crippen LogP contribution in [0, 0.1) is 24.0 Å². The number of rotatable bonds is 10. The Morgan fingerprint density at radius 1 is 1.00 bits per heavy atom. The van der Waals surface area contributed by atoms with Crippen molar-refractivity contribution in [1.29, 1.82) is 0 Å². The van der Waals surface area contributed by atoms with Crippen LogP contribution in [0.5, 0.6) is 11.5 Å². The topological polar surface area (TPSA) is 109 Å². The summed E-state index contributed by atoms with van der Waals surface area (Å²) in [5, 5.41) is 16.9. The first kappa shape index (κ1) is 30.2. The highest BCUT2D eigenvalue weighted by atomic mass is 16.6. The maximum Gasteiger partial charge on any atom is 0.311 e. The highest BCUT2D eigenvalue weighted by molar-refractivity contribution is 5.86. The second kappa shape index (κ2) is 12.9. The van der Waals surface area contributed by atoms with Gasteiger partial charge >= 0.3 is 5.69 Å². The standard InChI is InChI=1S/C35H34N4O5/c1-6-43-32-18-24(5)29(19-28(32)22(2)3)34-37-30-15-8-7-14-27(30)35(40)38(34)36-20-26-13-10-16-31(39(41)42)33(26)44-21-25-12-9-11-23(4)17-25/h7-20,22H,6,21H2,1-5H3. The van der Waals surface area contributed by atoms with Gasteiger partial charge in [0.2, 0.25) is 5.75 Å². The van der Waals surface area contributed by atoms with Crippen molar-refractivity contribution in [3.8, 4) is 22.9 Å². The highest BCUT2D eigenvalue weighted by Gasteiger charge is 2.21. The van der Waals surface area contributed by atoms with Crippen molar-refractivity contribution in [2.45, 2.75) is 47.1 Å². The third-order valence-electron chi connectivity index (χ3n) is 7.27. The van der Waals surface area contributed by atoms with E-state index in [1.807, 2.05) is 63.2 Å². The molecule has 0 unspecified atom stereocenters. The molecular formula is C35H34N4O5. The zero-order valence-electron chi connectivity index (χ0n) is 25.4. The average molecular weight is 591 g/mol. The monoisotopic (exact) mass is 590 g/mol. The van der Waals surface area contributed by atoms with Crippen LogP contribution in [0.4, 0.5) is 5.69 Å². The second-order valence-electron chi connectivity index (χ2n) is 10.8. The molecule has 0 saturated carbocycles. The minimum absolute atomic E-state index is 0.0606. The number of fused-ring (bicyclic) bond motifs is 1. The number of aryl methyl sites for hydroxylation is 2. The number of ether oxygens (including phenoxy) is 2. The molecule has 4 aromatic carbocycles. The Balaban J connectivity index is 1.67. The van der Waals surface area contributed by atoms with E-state index in [-0.39, 0.29) is 29.5 Å². The van der Waals surface area contributed by atoms with Crippen molar-refractivity contribution >= 4 is 22.8 Å². The van der Waals surface area contributed by atoms with Crippen LogP contribution in [0.2, 0.25) is 0 Å². The fraction of sp³-hybridized carbons (Fsp3) is 0.229. The molecule has 0 bridgehead atoms. The molecule has 0 atom stereocenters. The van der Waals surface area contributed by atoms with Crippen molar-refractivity contribution in [1.82, 2.24) is 9.66 Å². The molecule has 9 nitrogen and oxygen atoms in total. The predicted molar refractivity (Wildman–Crippen MR) is 173 cm³/mol. The van der Waals surface area contributed by atoms with Gasteiger partial charge in [0.25, 0.3) is 5.56 Å². The number of nitro benzene ring substituents is 1. The smallest absolute Gasteiger partial charge is 0.311 e. The van der Waals surface area contributed by atoms with Crippen molar-refractivity contribution in [2.24, 2.45) is 5.10 Å². The van der Waals surface area contributed by atoms with E-state index >= 15 is 0 Å². The van der Waals surface area contributed by atoms with Crippen molar-refractivity contribution in [2.75, 3.05) is 6.61 Å². The molecule has 0 spiro atoms. The molecule has 0 aliphatic heterocycles. The summed E-state index contributed by atoms with van der Waals surface area (Å²) in [6, 6.07) is 23.4. The lowest BCUT2D eigenvalue weighted by atomic mass is 9.96. The lowest BCUT2D eigenvalue weighted by molar-refractivity contribution is -0.385. The SMILES string of the molecule is CCOc1cc(C)c(-c2nc3ccccc3c(=O)n2N=Cc2cccc([N+](=O)[O-])c2OCc2cccc(C)c2)cc1C(C)C. The van der Waals surface area contributed by atoms with Crippen LogP contribution in [-0.4, -0.2) is 27.4 Å². The van der Waals surface area contributed by atoms with E-state index in [0.717, 1.165) is 33.6 Å². The molecule has 0 radical (unpaired) electrons. The molecule has 0 fully saturated rings. The zero-order chi connectivity index (χ0) is 31.4. The van der Waals surface area contributed by atoms with E-state index in [9.17, 15) is 14.9 Å². The van der Waals surface area contributed by atoms with E-state index in [0.29, 0.717) is 28.9 Å². The normalized spacial score (nSPS) is 11.4. The van der Waals surface area contributed by atoms with Gasteiger partial charge in [0.05, 0.1) is 28.6 Å². The molecule has 44 heavy (non-hydrogen) atoms. The summed E-state index contributed by atoms with van der Waals surface area (Å²) < 4.78 is 13.2. The summed E-state index contributed by atoms with van der Waals surface area (Å²) in [6.45, 7) is 10.7. The summed E-state index contributed by atoms with van der Waals surface area (Å²) in [6.07, 6.45) is 1.41. The highest BCUT2D eigenvalue weighted by Crippen LogP contribution is 2.35. The van der Waals surface area contributed by atoms with Crippen LogP contribution in [0.3, 0.4) is 0 Å². The summed E-state index contributed by atoms with van der Waals surface area (Å²) in [4.78, 5) is 30.2. The number of para-hydroxylation sites is 2. The minimum Gasteiger partial charge on any atom is -0.494 e.